The van der Waals surface area contributed by atoms with Crippen LogP contribution < -0.4 is 21.9 Å². The van der Waals surface area contributed by atoms with Gasteiger partial charge in [0, 0.05) is 24.4 Å². The van der Waals surface area contributed by atoms with Gasteiger partial charge in [0.1, 0.15) is 23.6 Å². The second-order valence-electron chi connectivity index (χ2n) is 7.28. The molecule has 12 heteroatoms. The highest BCUT2D eigenvalue weighted by atomic mass is 35.5. The first kappa shape index (κ1) is 24.2. The molecule has 0 saturated carbocycles. The van der Waals surface area contributed by atoms with Crippen molar-refractivity contribution in [3.05, 3.63) is 57.2 Å². The monoisotopic (exact) mass is 480 g/mol. The average molecular weight is 481 g/mol. The van der Waals surface area contributed by atoms with Crippen molar-refractivity contribution in [1.29, 1.82) is 0 Å². The van der Waals surface area contributed by atoms with Gasteiger partial charge in [-0.15, -0.1) is 0 Å². The average Bonchev–Trinajstić information content (AvgIpc) is 3.10. The minimum absolute atomic E-state index is 0.100. The Morgan fingerprint density at radius 3 is 2.76 bits per heavy atom. The van der Waals surface area contributed by atoms with E-state index in [-0.39, 0.29) is 35.0 Å². The Bertz CT molecular complexity index is 1150. The maximum Gasteiger partial charge on any atom is 0.310 e. The predicted octanol–water partition coefficient (Wildman–Crippen LogP) is 1.83. The van der Waals surface area contributed by atoms with Crippen LogP contribution in [-0.2, 0) is 19.1 Å². The van der Waals surface area contributed by atoms with E-state index in [1.54, 1.807) is 6.92 Å². The summed E-state index contributed by atoms with van der Waals surface area (Å²) < 4.78 is 25.4. The summed E-state index contributed by atoms with van der Waals surface area (Å²) in [4.78, 5) is 49.6. The van der Waals surface area contributed by atoms with E-state index in [2.05, 4.69) is 10.6 Å². The Balaban J connectivity index is 1.80. The van der Waals surface area contributed by atoms with Crippen LogP contribution in [0.2, 0.25) is 5.02 Å². The van der Waals surface area contributed by atoms with Crippen LogP contribution in [0.1, 0.15) is 36.7 Å². The van der Waals surface area contributed by atoms with E-state index < -0.39 is 47.5 Å². The number of hydrogen-bond acceptors (Lipinski definition) is 7. The van der Waals surface area contributed by atoms with Crippen molar-refractivity contribution in [3.8, 4) is 0 Å². The smallest absolute Gasteiger partial charge is 0.310 e. The van der Waals surface area contributed by atoms with E-state index >= 15 is 0 Å². The van der Waals surface area contributed by atoms with Crippen LogP contribution in [0.5, 0.6) is 0 Å². The predicted molar refractivity (Wildman–Crippen MR) is 117 cm³/mol. The molecule has 1 aliphatic heterocycles. The van der Waals surface area contributed by atoms with Crippen molar-refractivity contribution in [2.24, 2.45) is 0 Å². The molecular weight excluding hydrogens is 459 g/mol. The molecule has 0 bridgehead atoms. The van der Waals surface area contributed by atoms with E-state index in [1.165, 1.54) is 25.1 Å². The number of anilines is 2. The number of nitrogen functional groups attached to an aromatic ring is 1. The number of rotatable bonds is 7. The standard InChI is InChI=1S/C21H22ClFN4O6/c1-3-32-21-16(8-17(28)33-21)26-18(29)10(2)27-9-12(23)7-15(20(27)31)25-19(30)11-4-5-14(24)13(22)6-11/h4-7,9-10,16,21H,3,8,24H2,1-2H3,(H,25,30)(H,26,29)/t10?,16-,21-/m0/s1. The fourth-order valence-electron chi connectivity index (χ4n) is 3.21. The van der Waals surface area contributed by atoms with Gasteiger partial charge in [0.05, 0.1) is 17.1 Å². The lowest BCUT2D eigenvalue weighted by atomic mass is 10.2. The summed E-state index contributed by atoms with van der Waals surface area (Å²) in [6.45, 7) is 3.33. The first-order valence-corrected chi connectivity index (χ1v) is 10.4. The van der Waals surface area contributed by atoms with Crippen LogP contribution in [0.4, 0.5) is 15.8 Å². The third-order valence-electron chi connectivity index (χ3n) is 4.94. The molecule has 1 aliphatic rings. The van der Waals surface area contributed by atoms with Crippen molar-refractivity contribution in [3.63, 3.8) is 0 Å². The number of amides is 2. The van der Waals surface area contributed by atoms with Crippen LogP contribution in [0.25, 0.3) is 0 Å². The topological polar surface area (TPSA) is 142 Å². The van der Waals surface area contributed by atoms with Crippen LogP contribution in [0, 0.1) is 5.82 Å². The molecular formula is C21H22ClFN4O6. The van der Waals surface area contributed by atoms with Crippen molar-refractivity contribution in [2.45, 2.75) is 38.6 Å². The van der Waals surface area contributed by atoms with E-state index in [4.69, 9.17) is 26.8 Å². The van der Waals surface area contributed by atoms with Crippen LogP contribution >= 0.6 is 11.6 Å². The molecule has 4 N–H and O–H groups in total. The fourth-order valence-corrected chi connectivity index (χ4v) is 3.39. The number of benzene rings is 1. The molecule has 1 fully saturated rings. The van der Waals surface area contributed by atoms with Crippen molar-refractivity contribution >= 4 is 40.8 Å². The van der Waals surface area contributed by atoms with Gasteiger partial charge in [-0.1, -0.05) is 11.6 Å². The van der Waals surface area contributed by atoms with E-state index in [0.717, 1.165) is 16.8 Å². The number of halogens is 2. The lowest BCUT2D eigenvalue weighted by molar-refractivity contribution is -0.164. The number of carbonyl (C=O) groups is 3. The number of carbonyl (C=O) groups excluding carboxylic acids is 3. The zero-order valence-corrected chi connectivity index (χ0v) is 18.5. The largest absolute Gasteiger partial charge is 0.433 e. The number of hydrogen-bond donors (Lipinski definition) is 3. The van der Waals surface area contributed by atoms with Crippen LogP contribution in [-0.4, -0.2) is 41.3 Å². The molecule has 2 heterocycles. The Morgan fingerprint density at radius 1 is 1.36 bits per heavy atom. The molecule has 1 aromatic carbocycles. The van der Waals surface area contributed by atoms with Crippen LogP contribution in [0.3, 0.4) is 0 Å². The summed E-state index contributed by atoms with van der Waals surface area (Å²) >= 11 is 5.91. The molecule has 3 rings (SSSR count). The molecule has 1 unspecified atom stereocenters. The lowest BCUT2D eigenvalue weighted by Crippen LogP contribution is -2.45. The molecule has 1 aromatic heterocycles. The number of cyclic esters (lactones) is 1. The maximum absolute atomic E-state index is 14.3. The number of aromatic nitrogens is 1. The minimum atomic E-state index is -1.17. The van der Waals surface area contributed by atoms with Gasteiger partial charge in [0.2, 0.25) is 12.2 Å². The number of esters is 1. The third-order valence-corrected chi connectivity index (χ3v) is 5.27. The van der Waals surface area contributed by atoms with Crippen LogP contribution in [0.15, 0.2) is 35.3 Å². The Morgan fingerprint density at radius 2 is 2.09 bits per heavy atom. The van der Waals surface area contributed by atoms with Crippen molar-refractivity contribution in [1.82, 2.24) is 9.88 Å². The van der Waals surface area contributed by atoms with Gasteiger partial charge < -0.3 is 25.8 Å². The normalized spacial score (nSPS) is 18.5. The molecule has 0 radical (unpaired) electrons. The second kappa shape index (κ2) is 10.0. The molecule has 10 nitrogen and oxygen atoms in total. The van der Waals surface area contributed by atoms with E-state index in [0.29, 0.717) is 0 Å². The van der Waals surface area contributed by atoms with E-state index in [1.807, 2.05) is 0 Å². The summed E-state index contributed by atoms with van der Waals surface area (Å²) in [6, 6.07) is 3.03. The zero-order chi connectivity index (χ0) is 24.3. The molecule has 0 spiro atoms. The number of nitrogens with one attached hydrogen (secondary N) is 2. The number of nitrogens with zero attached hydrogens (tertiary/aromatic N) is 1. The molecule has 3 atom stereocenters. The highest BCUT2D eigenvalue weighted by Crippen LogP contribution is 2.21. The number of nitrogens with two attached hydrogens (primary N) is 1. The minimum Gasteiger partial charge on any atom is -0.433 e. The summed E-state index contributed by atoms with van der Waals surface area (Å²) in [6.07, 6.45) is -0.213. The highest BCUT2D eigenvalue weighted by Gasteiger charge is 2.37. The van der Waals surface area contributed by atoms with Gasteiger partial charge in [-0.05, 0) is 32.0 Å². The SMILES string of the molecule is CCO[C@H]1OC(=O)C[C@@H]1NC(=O)C(C)n1cc(F)cc(NC(=O)c2ccc(N)c(Cl)c2)c1=O. The Labute approximate surface area is 192 Å². The van der Waals surface area contributed by atoms with Gasteiger partial charge in [-0.25, -0.2) is 4.39 Å². The number of ether oxygens (including phenoxy) is 2. The Kier molecular flexibility index (Phi) is 7.34. The van der Waals surface area contributed by atoms with Gasteiger partial charge in [-0.3, -0.25) is 23.7 Å². The quantitative estimate of drug-likeness (QED) is 0.405. The molecule has 2 amide bonds. The molecule has 33 heavy (non-hydrogen) atoms. The third kappa shape index (κ3) is 5.49. The highest BCUT2D eigenvalue weighted by molar-refractivity contribution is 6.33. The van der Waals surface area contributed by atoms with Gasteiger partial charge in [0.15, 0.2) is 0 Å². The molecule has 0 aliphatic carbocycles. The number of pyridine rings is 1. The van der Waals surface area contributed by atoms with Crippen molar-refractivity contribution < 1.29 is 28.2 Å². The summed E-state index contributed by atoms with van der Waals surface area (Å²) in [5, 5.41) is 5.05. The van der Waals surface area contributed by atoms with Gasteiger partial charge in [0.25, 0.3) is 11.5 Å². The Hall–Kier alpha value is -3.44. The zero-order valence-electron chi connectivity index (χ0n) is 17.8. The lowest BCUT2D eigenvalue weighted by Gasteiger charge is -2.22. The molecule has 176 valence electrons. The van der Waals surface area contributed by atoms with Gasteiger partial charge in [-0.2, -0.15) is 0 Å². The first-order chi connectivity index (χ1) is 15.6. The first-order valence-electron chi connectivity index (χ1n) is 10.00. The second-order valence-corrected chi connectivity index (χ2v) is 7.69. The summed E-state index contributed by atoms with van der Waals surface area (Å²) in [5.74, 6) is -2.78. The summed E-state index contributed by atoms with van der Waals surface area (Å²) in [5.41, 5.74) is 4.80. The van der Waals surface area contributed by atoms with E-state index in [9.17, 15) is 23.6 Å². The summed E-state index contributed by atoms with van der Waals surface area (Å²) in [7, 11) is 0. The van der Waals surface area contributed by atoms with Gasteiger partial charge >= 0.3 is 5.97 Å². The molecule has 2 aromatic rings. The molecule has 1 saturated heterocycles. The van der Waals surface area contributed by atoms with Crippen molar-refractivity contribution in [2.75, 3.05) is 17.7 Å². The fraction of sp³-hybridized carbons (Fsp3) is 0.333. The maximum atomic E-state index is 14.3.